The van der Waals surface area contributed by atoms with Crippen molar-refractivity contribution < 1.29 is 0 Å². The van der Waals surface area contributed by atoms with Crippen LogP contribution in [0.5, 0.6) is 0 Å². The second-order valence-corrected chi connectivity index (χ2v) is 8.82. The molecule has 118 valence electrons. The second-order valence-electron chi connectivity index (χ2n) is 7.60. The van der Waals surface area contributed by atoms with Gasteiger partial charge in [0.15, 0.2) is 0 Å². The summed E-state index contributed by atoms with van der Waals surface area (Å²) in [5, 5.41) is 3.77. The van der Waals surface area contributed by atoms with Crippen LogP contribution in [0.15, 0.2) is 0 Å². The smallest absolute Gasteiger partial charge is 0.00729 e. The quantitative estimate of drug-likeness (QED) is 0.808. The van der Waals surface area contributed by atoms with E-state index in [9.17, 15) is 0 Å². The summed E-state index contributed by atoms with van der Waals surface area (Å²) in [6.07, 6.45) is 5.74. The average Bonchev–Trinajstić information content (AvgIpc) is 2.43. The van der Waals surface area contributed by atoms with E-state index in [0.717, 1.165) is 11.8 Å². The molecular formula is C17H34N2S. The van der Waals surface area contributed by atoms with Crippen molar-refractivity contribution in [1.29, 1.82) is 0 Å². The zero-order valence-corrected chi connectivity index (χ0v) is 14.6. The molecule has 1 aliphatic carbocycles. The molecule has 1 heterocycles. The highest BCUT2D eigenvalue weighted by molar-refractivity contribution is 7.99. The molecule has 1 N–H and O–H groups in total. The molecule has 0 radical (unpaired) electrons. The zero-order valence-electron chi connectivity index (χ0n) is 13.8. The van der Waals surface area contributed by atoms with Gasteiger partial charge >= 0.3 is 0 Å². The van der Waals surface area contributed by atoms with Crippen LogP contribution >= 0.6 is 11.8 Å². The molecule has 2 nitrogen and oxygen atoms in total. The van der Waals surface area contributed by atoms with Crippen molar-refractivity contribution in [3.8, 4) is 0 Å². The summed E-state index contributed by atoms with van der Waals surface area (Å²) in [6.45, 7) is 13.4. The topological polar surface area (TPSA) is 15.3 Å². The van der Waals surface area contributed by atoms with Crippen LogP contribution in [0.4, 0.5) is 0 Å². The minimum atomic E-state index is 0.559. The van der Waals surface area contributed by atoms with E-state index in [1.54, 1.807) is 0 Å². The van der Waals surface area contributed by atoms with Crippen LogP contribution in [0.2, 0.25) is 0 Å². The molecule has 1 saturated heterocycles. The van der Waals surface area contributed by atoms with Gasteiger partial charge in [0.25, 0.3) is 0 Å². The molecule has 0 aromatic carbocycles. The van der Waals surface area contributed by atoms with Crippen LogP contribution in [-0.2, 0) is 0 Å². The third-order valence-corrected chi connectivity index (χ3v) is 5.99. The van der Waals surface area contributed by atoms with E-state index >= 15 is 0 Å². The van der Waals surface area contributed by atoms with Gasteiger partial charge < -0.3 is 10.2 Å². The Kier molecular flexibility index (Phi) is 6.70. The summed E-state index contributed by atoms with van der Waals surface area (Å²) in [4.78, 5) is 2.74. The molecule has 0 unspecified atom stereocenters. The summed E-state index contributed by atoms with van der Waals surface area (Å²) in [5.74, 6) is 4.39. The normalized spacial score (nSPS) is 32.7. The molecule has 0 atom stereocenters. The SMILES string of the molecule is CC(C)CNCC1(CN2CCSCC2)CCC(C)CC1. The molecule has 3 heteroatoms. The Balaban J connectivity index is 1.88. The molecule has 0 bridgehead atoms. The number of nitrogens with zero attached hydrogens (tertiary/aromatic N) is 1. The van der Waals surface area contributed by atoms with Crippen molar-refractivity contribution in [3.63, 3.8) is 0 Å². The third kappa shape index (κ3) is 5.23. The van der Waals surface area contributed by atoms with Gasteiger partial charge in [-0.25, -0.2) is 0 Å². The Hall–Kier alpha value is 0.270. The average molecular weight is 299 g/mol. The second kappa shape index (κ2) is 8.05. The lowest BCUT2D eigenvalue weighted by atomic mass is 9.70. The van der Waals surface area contributed by atoms with Crippen LogP contribution in [0, 0.1) is 17.3 Å². The van der Waals surface area contributed by atoms with Crippen molar-refractivity contribution in [2.45, 2.75) is 46.5 Å². The summed E-state index contributed by atoms with van der Waals surface area (Å²) in [5.41, 5.74) is 0.559. The lowest BCUT2D eigenvalue weighted by Gasteiger charge is -2.44. The molecule has 2 rings (SSSR count). The first-order valence-corrected chi connectivity index (χ1v) is 9.76. The molecule has 20 heavy (non-hydrogen) atoms. The Morgan fingerprint density at radius 2 is 1.85 bits per heavy atom. The molecule has 2 aliphatic rings. The van der Waals surface area contributed by atoms with Crippen LogP contribution in [0.3, 0.4) is 0 Å². The molecule has 0 spiro atoms. The van der Waals surface area contributed by atoms with Gasteiger partial charge in [0.1, 0.15) is 0 Å². The molecule has 2 fully saturated rings. The summed E-state index contributed by atoms with van der Waals surface area (Å²) >= 11 is 2.12. The van der Waals surface area contributed by atoms with Gasteiger partial charge in [-0.05, 0) is 36.6 Å². The number of nitrogens with one attached hydrogen (secondary N) is 1. The Morgan fingerprint density at radius 3 is 2.45 bits per heavy atom. The van der Waals surface area contributed by atoms with Crippen molar-refractivity contribution in [2.24, 2.45) is 17.3 Å². The van der Waals surface area contributed by atoms with Crippen molar-refractivity contribution in [2.75, 3.05) is 44.2 Å². The van der Waals surface area contributed by atoms with E-state index in [0.29, 0.717) is 5.41 Å². The molecule has 1 saturated carbocycles. The van der Waals surface area contributed by atoms with Crippen molar-refractivity contribution in [3.05, 3.63) is 0 Å². The maximum Gasteiger partial charge on any atom is 0.00729 e. The lowest BCUT2D eigenvalue weighted by molar-refractivity contribution is 0.0907. The first-order chi connectivity index (χ1) is 9.60. The highest BCUT2D eigenvalue weighted by atomic mass is 32.2. The van der Waals surface area contributed by atoms with Gasteiger partial charge in [0.2, 0.25) is 0 Å². The van der Waals surface area contributed by atoms with Crippen molar-refractivity contribution in [1.82, 2.24) is 10.2 Å². The minimum Gasteiger partial charge on any atom is -0.316 e. The zero-order chi connectivity index (χ0) is 14.4. The number of rotatable bonds is 6. The van der Waals surface area contributed by atoms with Gasteiger partial charge in [0, 0.05) is 37.7 Å². The van der Waals surface area contributed by atoms with E-state index in [1.165, 1.54) is 69.9 Å². The molecule has 0 amide bonds. The summed E-state index contributed by atoms with van der Waals surface area (Å²) in [6, 6.07) is 0. The van der Waals surface area contributed by atoms with E-state index in [2.05, 4.69) is 42.7 Å². The highest BCUT2D eigenvalue weighted by Gasteiger charge is 2.35. The highest BCUT2D eigenvalue weighted by Crippen LogP contribution is 2.39. The summed E-state index contributed by atoms with van der Waals surface area (Å²) in [7, 11) is 0. The first kappa shape index (κ1) is 16.6. The van der Waals surface area contributed by atoms with Crippen LogP contribution < -0.4 is 5.32 Å². The number of thioether (sulfide) groups is 1. The standard InChI is InChI=1S/C17H34N2S/c1-15(2)12-18-13-17(6-4-16(3)5-7-17)14-19-8-10-20-11-9-19/h15-16,18H,4-14H2,1-3H3. The predicted octanol–water partition coefficient (Wildman–Crippen LogP) is 3.48. The van der Waals surface area contributed by atoms with Crippen LogP contribution in [0.25, 0.3) is 0 Å². The molecule has 1 aliphatic heterocycles. The maximum absolute atomic E-state index is 3.77. The fourth-order valence-corrected chi connectivity index (χ4v) is 4.60. The number of hydrogen-bond acceptors (Lipinski definition) is 3. The molecule has 0 aromatic heterocycles. The van der Waals surface area contributed by atoms with Gasteiger partial charge in [-0.15, -0.1) is 0 Å². The van der Waals surface area contributed by atoms with E-state index in [-0.39, 0.29) is 0 Å². The fourth-order valence-electron chi connectivity index (χ4n) is 3.62. The molecule has 0 aromatic rings. The minimum absolute atomic E-state index is 0.559. The predicted molar refractivity (Wildman–Crippen MR) is 91.5 cm³/mol. The Bertz CT molecular complexity index is 266. The lowest BCUT2D eigenvalue weighted by Crippen LogP contribution is -2.48. The number of hydrogen-bond donors (Lipinski definition) is 1. The van der Waals surface area contributed by atoms with Crippen molar-refractivity contribution >= 4 is 11.8 Å². The monoisotopic (exact) mass is 298 g/mol. The van der Waals surface area contributed by atoms with Crippen LogP contribution in [0.1, 0.15) is 46.5 Å². The Morgan fingerprint density at radius 1 is 1.20 bits per heavy atom. The first-order valence-electron chi connectivity index (χ1n) is 8.60. The van der Waals surface area contributed by atoms with Gasteiger partial charge in [-0.3, -0.25) is 0 Å². The van der Waals surface area contributed by atoms with Gasteiger partial charge in [-0.2, -0.15) is 11.8 Å². The van der Waals surface area contributed by atoms with Gasteiger partial charge in [0.05, 0.1) is 0 Å². The maximum atomic E-state index is 3.77. The van der Waals surface area contributed by atoms with Crippen LogP contribution in [-0.4, -0.2) is 49.1 Å². The molecular weight excluding hydrogens is 264 g/mol. The van der Waals surface area contributed by atoms with E-state index < -0.39 is 0 Å². The largest absolute Gasteiger partial charge is 0.316 e. The Labute approximate surface area is 130 Å². The third-order valence-electron chi connectivity index (χ3n) is 5.05. The summed E-state index contributed by atoms with van der Waals surface area (Å²) < 4.78 is 0. The van der Waals surface area contributed by atoms with E-state index in [1.807, 2.05) is 0 Å². The van der Waals surface area contributed by atoms with E-state index in [4.69, 9.17) is 0 Å². The van der Waals surface area contributed by atoms with Gasteiger partial charge in [-0.1, -0.05) is 33.6 Å². The fraction of sp³-hybridized carbons (Fsp3) is 1.00.